The lowest BCUT2D eigenvalue weighted by molar-refractivity contribution is 0.282. The van der Waals surface area contributed by atoms with E-state index in [1.165, 1.54) is 0 Å². The van der Waals surface area contributed by atoms with Crippen molar-refractivity contribution in [2.45, 2.75) is 6.61 Å². The van der Waals surface area contributed by atoms with Crippen molar-refractivity contribution in [1.82, 2.24) is 4.98 Å². The Labute approximate surface area is 93.6 Å². The first-order valence-corrected chi connectivity index (χ1v) is 4.90. The zero-order valence-corrected chi connectivity index (χ0v) is 8.59. The van der Waals surface area contributed by atoms with Gasteiger partial charge >= 0.3 is 0 Å². The van der Waals surface area contributed by atoms with Gasteiger partial charge in [-0.1, -0.05) is 24.3 Å². The minimum Gasteiger partial charge on any atom is -0.392 e. The molecule has 3 heteroatoms. The molecule has 0 aliphatic rings. The van der Waals surface area contributed by atoms with Crippen LogP contribution in [0.5, 0.6) is 0 Å². The summed E-state index contributed by atoms with van der Waals surface area (Å²) in [5.74, 6) is 0. The lowest BCUT2D eigenvalue weighted by atomic mass is 10.1. The molecule has 1 aromatic carbocycles. The van der Waals surface area contributed by atoms with Gasteiger partial charge in [0.1, 0.15) is 11.8 Å². The molecule has 0 amide bonds. The van der Waals surface area contributed by atoms with Crippen molar-refractivity contribution in [3.8, 4) is 17.2 Å². The van der Waals surface area contributed by atoms with Gasteiger partial charge in [0, 0.05) is 11.8 Å². The van der Waals surface area contributed by atoms with E-state index in [9.17, 15) is 0 Å². The smallest absolute Gasteiger partial charge is 0.140 e. The van der Waals surface area contributed by atoms with Crippen molar-refractivity contribution in [3.63, 3.8) is 0 Å². The second kappa shape index (κ2) is 4.56. The summed E-state index contributed by atoms with van der Waals surface area (Å²) < 4.78 is 0. The quantitative estimate of drug-likeness (QED) is 0.825. The monoisotopic (exact) mass is 210 g/mol. The Morgan fingerprint density at radius 3 is 2.25 bits per heavy atom. The molecule has 0 aliphatic carbocycles. The van der Waals surface area contributed by atoms with Gasteiger partial charge in [-0.05, 0) is 23.3 Å². The topological polar surface area (TPSA) is 56.9 Å². The molecule has 0 radical (unpaired) electrons. The fourth-order valence-electron chi connectivity index (χ4n) is 1.43. The maximum absolute atomic E-state index is 8.92. The van der Waals surface area contributed by atoms with Gasteiger partial charge in [0.2, 0.25) is 0 Å². The third-order valence-corrected chi connectivity index (χ3v) is 2.35. The third-order valence-electron chi connectivity index (χ3n) is 2.35. The average Bonchev–Trinajstić information content (AvgIpc) is 2.39. The molecule has 0 saturated heterocycles. The van der Waals surface area contributed by atoms with Crippen molar-refractivity contribution in [1.29, 1.82) is 5.26 Å². The molecular weight excluding hydrogens is 200 g/mol. The third kappa shape index (κ3) is 2.08. The summed E-state index contributed by atoms with van der Waals surface area (Å²) in [5.41, 5.74) is 3.28. The minimum absolute atomic E-state index is 0.0475. The van der Waals surface area contributed by atoms with E-state index >= 15 is 0 Å². The van der Waals surface area contributed by atoms with E-state index in [1.54, 1.807) is 12.3 Å². The van der Waals surface area contributed by atoms with Crippen LogP contribution in [0.2, 0.25) is 0 Å². The van der Waals surface area contributed by atoms with Crippen LogP contribution in [0.25, 0.3) is 11.1 Å². The molecule has 1 heterocycles. The van der Waals surface area contributed by atoms with Gasteiger partial charge < -0.3 is 5.11 Å². The number of rotatable bonds is 2. The first-order valence-electron chi connectivity index (χ1n) is 4.90. The van der Waals surface area contributed by atoms with Crippen molar-refractivity contribution >= 4 is 0 Å². The van der Waals surface area contributed by atoms with Gasteiger partial charge in [-0.15, -0.1) is 0 Å². The molecule has 16 heavy (non-hydrogen) atoms. The van der Waals surface area contributed by atoms with Crippen molar-refractivity contribution < 1.29 is 5.11 Å². The Balaban J connectivity index is 2.32. The average molecular weight is 210 g/mol. The maximum Gasteiger partial charge on any atom is 0.140 e. The molecule has 1 N–H and O–H groups in total. The molecule has 0 saturated carbocycles. The molecule has 78 valence electrons. The highest BCUT2D eigenvalue weighted by Crippen LogP contribution is 2.18. The van der Waals surface area contributed by atoms with Gasteiger partial charge in [0.15, 0.2) is 0 Å². The van der Waals surface area contributed by atoms with E-state index in [1.807, 2.05) is 36.4 Å². The molecule has 0 bridgehead atoms. The summed E-state index contributed by atoms with van der Waals surface area (Å²) in [6, 6.07) is 13.1. The molecule has 0 atom stereocenters. The first-order chi connectivity index (χ1) is 7.83. The van der Waals surface area contributed by atoms with Crippen LogP contribution in [0.15, 0.2) is 42.6 Å². The van der Waals surface area contributed by atoms with Gasteiger partial charge in [0.05, 0.1) is 6.61 Å². The normalized spacial score (nSPS) is 9.75. The van der Waals surface area contributed by atoms with E-state index in [0.29, 0.717) is 5.69 Å². The summed E-state index contributed by atoms with van der Waals surface area (Å²) >= 11 is 0. The van der Waals surface area contributed by atoms with Crippen LogP contribution in [0.4, 0.5) is 0 Å². The summed E-state index contributed by atoms with van der Waals surface area (Å²) in [4.78, 5) is 4.01. The lowest BCUT2D eigenvalue weighted by Gasteiger charge is -2.02. The zero-order chi connectivity index (χ0) is 11.4. The van der Waals surface area contributed by atoms with E-state index in [-0.39, 0.29) is 6.61 Å². The molecule has 0 unspecified atom stereocenters. The second-order valence-electron chi connectivity index (χ2n) is 3.40. The Morgan fingerprint density at radius 1 is 1.06 bits per heavy atom. The Hall–Kier alpha value is -2.18. The number of hydrogen-bond acceptors (Lipinski definition) is 3. The standard InChI is InChI=1S/C13H10N2O/c14-7-13-6-5-12(8-15-13)11-3-1-10(9-16)2-4-11/h1-6,8,16H,9H2. The highest BCUT2D eigenvalue weighted by Gasteiger charge is 1.98. The number of hydrogen-bond donors (Lipinski definition) is 1. The van der Waals surface area contributed by atoms with Gasteiger partial charge in [-0.25, -0.2) is 4.98 Å². The van der Waals surface area contributed by atoms with E-state index in [0.717, 1.165) is 16.7 Å². The van der Waals surface area contributed by atoms with Crippen LogP contribution in [0.3, 0.4) is 0 Å². The summed E-state index contributed by atoms with van der Waals surface area (Å²) in [6.07, 6.45) is 1.67. The number of benzene rings is 1. The summed E-state index contributed by atoms with van der Waals surface area (Å²) in [6.45, 7) is 0.0475. The van der Waals surface area contributed by atoms with E-state index < -0.39 is 0 Å². The number of nitrogens with zero attached hydrogens (tertiary/aromatic N) is 2. The second-order valence-corrected chi connectivity index (χ2v) is 3.40. The van der Waals surface area contributed by atoms with Crippen LogP contribution in [0, 0.1) is 11.3 Å². The SMILES string of the molecule is N#Cc1ccc(-c2ccc(CO)cc2)cn1. The molecular formula is C13H10N2O. The number of aliphatic hydroxyl groups excluding tert-OH is 1. The highest BCUT2D eigenvalue weighted by atomic mass is 16.3. The van der Waals surface area contributed by atoms with Crippen LogP contribution < -0.4 is 0 Å². The predicted molar refractivity (Wildman–Crippen MR) is 60.3 cm³/mol. The van der Waals surface area contributed by atoms with Gasteiger partial charge in [-0.3, -0.25) is 0 Å². The van der Waals surface area contributed by atoms with Crippen LogP contribution in [0.1, 0.15) is 11.3 Å². The Morgan fingerprint density at radius 2 is 1.75 bits per heavy atom. The van der Waals surface area contributed by atoms with Crippen LogP contribution >= 0.6 is 0 Å². The molecule has 0 spiro atoms. The fourth-order valence-corrected chi connectivity index (χ4v) is 1.43. The van der Waals surface area contributed by atoms with Crippen LogP contribution in [-0.4, -0.2) is 10.1 Å². The molecule has 2 aromatic rings. The number of pyridine rings is 1. The predicted octanol–water partition coefficient (Wildman–Crippen LogP) is 2.11. The first kappa shape index (κ1) is 10.3. The maximum atomic E-state index is 8.92. The zero-order valence-electron chi connectivity index (χ0n) is 8.59. The summed E-state index contributed by atoms with van der Waals surface area (Å²) in [5, 5.41) is 17.5. The highest BCUT2D eigenvalue weighted by molar-refractivity contribution is 5.62. The molecule has 0 aliphatic heterocycles. The Kier molecular flexibility index (Phi) is 2.95. The van der Waals surface area contributed by atoms with Gasteiger partial charge in [-0.2, -0.15) is 5.26 Å². The minimum atomic E-state index is 0.0475. The fraction of sp³-hybridized carbons (Fsp3) is 0.0769. The summed E-state index contributed by atoms with van der Waals surface area (Å²) in [7, 11) is 0. The van der Waals surface area contributed by atoms with Crippen molar-refractivity contribution in [2.75, 3.05) is 0 Å². The Bertz CT molecular complexity index is 509. The largest absolute Gasteiger partial charge is 0.392 e. The number of aliphatic hydroxyl groups is 1. The van der Waals surface area contributed by atoms with E-state index in [2.05, 4.69) is 4.98 Å². The molecule has 0 fully saturated rings. The van der Waals surface area contributed by atoms with Crippen molar-refractivity contribution in [3.05, 3.63) is 53.9 Å². The van der Waals surface area contributed by atoms with Crippen molar-refractivity contribution in [2.24, 2.45) is 0 Å². The lowest BCUT2D eigenvalue weighted by Crippen LogP contribution is -1.85. The molecule has 3 nitrogen and oxygen atoms in total. The molecule has 1 aromatic heterocycles. The molecule has 2 rings (SSSR count). The number of aromatic nitrogens is 1. The van der Waals surface area contributed by atoms with E-state index in [4.69, 9.17) is 10.4 Å². The number of nitriles is 1. The van der Waals surface area contributed by atoms with Gasteiger partial charge in [0.25, 0.3) is 0 Å². The van der Waals surface area contributed by atoms with Crippen LogP contribution in [-0.2, 0) is 6.61 Å².